The van der Waals surface area contributed by atoms with E-state index in [0.29, 0.717) is 11.4 Å². The van der Waals surface area contributed by atoms with Gasteiger partial charge < -0.3 is 15.4 Å². The van der Waals surface area contributed by atoms with Gasteiger partial charge in [-0.2, -0.15) is 0 Å². The number of hydrogen-bond acceptors (Lipinski definition) is 3. The number of rotatable bonds is 2. The fourth-order valence-corrected chi connectivity index (χ4v) is 2.36. The first-order chi connectivity index (χ1) is 8.61. The van der Waals surface area contributed by atoms with Gasteiger partial charge in [-0.1, -0.05) is 18.5 Å². The van der Waals surface area contributed by atoms with E-state index in [1.165, 1.54) is 12.1 Å². The smallest absolute Gasteiger partial charge is 0.144 e. The van der Waals surface area contributed by atoms with Gasteiger partial charge in [-0.25, -0.2) is 4.39 Å². The number of nitrogens with zero attached hydrogens (tertiary/aromatic N) is 1. The molecule has 0 aliphatic carbocycles. The molecule has 0 spiro atoms. The van der Waals surface area contributed by atoms with Gasteiger partial charge in [-0.3, -0.25) is 0 Å². The van der Waals surface area contributed by atoms with Gasteiger partial charge in [-0.05, 0) is 18.9 Å². The second-order valence-corrected chi connectivity index (χ2v) is 4.93. The molecule has 1 unspecified atom stereocenters. The third-order valence-electron chi connectivity index (χ3n) is 3.22. The van der Waals surface area contributed by atoms with Gasteiger partial charge in [0, 0.05) is 25.8 Å². The summed E-state index contributed by atoms with van der Waals surface area (Å²) in [6, 6.07) is 2.88. The number of nitrogen functional groups attached to an aromatic ring is 1. The van der Waals surface area contributed by atoms with Crippen LogP contribution in [0.1, 0.15) is 19.8 Å². The molecule has 0 bridgehead atoms. The Labute approximate surface area is 112 Å². The standard InChI is InChI=1S/C13H18ClFN2O/c1-2-9-8-17(4-3-5-18-9)13-7-11(15)10(14)6-12(13)16/h6-7,9H,2-5,8,16H2,1H3. The molecule has 1 saturated heterocycles. The van der Waals surface area contributed by atoms with E-state index in [1.54, 1.807) is 0 Å². The quantitative estimate of drug-likeness (QED) is 0.841. The predicted octanol–water partition coefficient (Wildman–Crippen LogP) is 3.07. The number of ether oxygens (including phenoxy) is 1. The highest BCUT2D eigenvalue weighted by Gasteiger charge is 2.20. The number of benzene rings is 1. The Hall–Kier alpha value is -1.00. The van der Waals surface area contributed by atoms with Crippen molar-refractivity contribution in [3.8, 4) is 0 Å². The van der Waals surface area contributed by atoms with E-state index in [9.17, 15) is 4.39 Å². The zero-order valence-electron chi connectivity index (χ0n) is 10.5. The van der Waals surface area contributed by atoms with Crippen LogP contribution in [0.2, 0.25) is 5.02 Å². The van der Waals surface area contributed by atoms with Crippen LogP contribution in [-0.4, -0.2) is 25.8 Å². The van der Waals surface area contributed by atoms with Gasteiger partial charge in [0.05, 0.1) is 22.5 Å². The average molecular weight is 273 g/mol. The lowest BCUT2D eigenvalue weighted by Gasteiger charge is -2.26. The van der Waals surface area contributed by atoms with Crippen LogP contribution in [0.5, 0.6) is 0 Å². The summed E-state index contributed by atoms with van der Waals surface area (Å²) >= 11 is 5.71. The normalized spacial score (nSPS) is 20.8. The lowest BCUT2D eigenvalue weighted by molar-refractivity contribution is 0.0664. The summed E-state index contributed by atoms with van der Waals surface area (Å²) in [6.45, 7) is 4.38. The molecule has 18 heavy (non-hydrogen) atoms. The van der Waals surface area contributed by atoms with Crippen molar-refractivity contribution in [1.29, 1.82) is 0 Å². The largest absolute Gasteiger partial charge is 0.397 e. The summed E-state index contributed by atoms with van der Waals surface area (Å²) in [4.78, 5) is 2.08. The van der Waals surface area contributed by atoms with Crippen LogP contribution in [0.25, 0.3) is 0 Å². The topological polar surface area (TPSA) is 38.5 Å². The minimum Gasteiger partial charge on any atom is -0.397 e. The minimum absolute atomic E-state index is 0.0642. The Kier molecular flexibility index (Phi) is 4.30. The van der Waals surface area contributed by atoms with E-state index in [4.69, 9.17) is 22.1 Å². The molecule has 100 valence electrons. The van der Waals surface area contributed by atoms with Gasteiger partial charge in [0.1, 0.15) is 5.82 Å². The van der Waals surface area contributed by atoms with Crippen LogP contribution >= 0.6 is 11.6 Å². The number of anilines is 2. The summed E-state index contributed by atoms with van der Waals surface area (Å²) in [5.74, 6) is -0.431. The first-order valence-electron chi connectivity index (χ1n) is 6.23. The molecule has 3 nitrogen and oxygen atoms in total. The Morgan fingerprint density at radius 2 is 2.33 bits per heavy atom. The molecule has 1 aliphatic rings. The molecule has 1 fully saturated rings. The lowest BCUT2D eigenvalue weighted by Crippen LogP contribution is -2.32. The second kappa shape index (κ2) is 5.76. The summed E-state index contributed by atoms with van der Waals surface area (Å²) < 4.78 is 19.2. The van der Waals surface area contributed by atoms with Gasteiger partial charge in [0.15, 0.2) is 0 Å². The van der Waals surface area contributed by atoms with E-state index in [-0.39, 0.29) is 11.1 Å². The highest BCUT2D eigenvalue weighted by atomic mass is 35.5. The maximum atomic E-state index is 13.5. The lowest BCUT2D eigenvalue weighted by atomic mass is 10.2. The molecule has 0 amide bonds. The van der Waals surface area contributed by atoms with Crippen molar-refractivity contribution in [3.63, 3.8) is 0 Å². The van der Waals surface area contributed by atoms with Crippen LogP contribution < -0.4 is 10.6 Å². The highest BCUT2D eigenvalue weighted by Crippen LogP contribution is 2.30. The van der Waals surface area contributed by atoms with E-state index >= 15 is 0 Å². The molecule has 5 heteroatoms. The Morgan fingerprint density at radius 3 is 3.06 bits per heavy atom. The van der Waals surface area contributed by atoms with E-state index in [2.05, 4.69) is 11.8 Å². The van der Waals surface area contributed by atoms with Crippen molar-refractivity contribution in [1.82, 2.24) is 0 Å². The summed E-state index contributed by atoms with van der Waals surface area (Å²) in [7, 11) is 0. The Balaban J connectivity index is 2.26. The molecule has 2 N–H and O–H groups in total. The van der Waals surface area contributed by atoms with Crippen molar-refractivity contribution >= 4 is 23.0 Å². The molecule has 0 aromatic heterocycles. The van der Waals surface area contributed by atoms with Gasteiger partial charge in [0.2, 0.25) is 0 Å². The van der Waals surface area contributed by atoms with E-state index in [0.717, 1.165) is 32.5 Å². The minimum atomic E-state index is -0.431. The van der Waals surface area contributed by atoms with Gasteiger partial charge in [-0.15, -0.1) is 0 Å². The van der Waals surface area contributed by atoms with Crippen LogP contribution in [0, 0.1) is 5.82 Å². The van der Waals surface area contributed by atoms with Crippen LogP contribution in [-0.2, 0) is 4.74 Å². The van der Waals surface area contributed by atoms with Gasteiger partial charge in [0.25, 0.3) is 0 Å². The number of nitrogens with two attached hydrogens (primary N) is 1. The molecule has 1 atom stereocenters. The van der Waals surface area contributed by atoms with E-state index < -0.39 is 5.82 Å². The van der Waals surface area contributed by atoms with E-state index in [1.807, 2.05) is 0 Å². The van der Waals surface area contributed by atoms with Crippen molar-refractivity contribution in [2.75, 3.05) is 30.3 Å². The van der Waals surface area contributed by atoms with Crippen molar-refractivity contribution in [3.05, 3.63) is 23.0 Å². The summed E-state index contributed by atoms with van der Waals surface area (Å²) in [6.07, 6.45) is 2.03. The van der Waals surface area contributed by atoms with Crippen LogP contribution in [0.4, 0.5) is 15.8 Å². The van der Waals surface area contributed by atoms with Crippen molar-refractivity contribution in [2.24, 2.45) is 0 Å². The summed E-state index contributed by atoms with van der Waals surface area (Å²) in [5, 5.41) is 0.0642. The molecular weight excluding hydrogens is 255 g/mol. The van der Waals surface area contributed by atoms with Crippen molar-refractivity contribution < 1.29 is 9.13 Å². The molecule has 1 heterocycles. The van der Waals surface area contributed by atoms with Gasteiger partial charge >= 0.3 is 0 Å². The third-order valence-corrected chi connectivity index (χ3v) is 3.51. The Morgan fingerprint density at radius 1 is 1.56 bits per heavy atom. The number of halogens is 2. The molecule has 1 aromatic carbocycles. The van der Waals surface area contributed by atoms with Crippen molar-refractivity contribution in [2.45, 2.75) is 25.9 Å². The molecule has 1 aliphatic heterocycles. The maximum Gasteiger partial charge on any atom is 0.144 e. The fraction of sp³-hybridized carbons (Fsp3) is 0.538. The SMILES string of the molecule is CCC1CN(c2cc(F)c(Cl)cc2N)CCCO1. The first-order valence-corrected chi connectivity index (χ1v) is 6.60. The second-order valence-electron chi connectivity index (χ2n) is 4.53. The highest BCUT2D eigenvalue weighted by molar-refractivity contribution is 6.31. The average Bonchev–Trinajstić information content (AvgIpc) is 2.59. The molecule has 0 radical (unpaired) electrons. The maximum absolute atomic E-state index is 13.5. The molecule has 0 saturated carbocycles. The summed E-state index contributed by atoms with van der Waals surface area (Å²) in [5.41, 5.74) is 7.15. The molecule has 1 aromatic rings. The zero-order chi connectivity index (χ0) is 13.1. The first kappa shape index (κ1) is 13.4. The monoisotopic (exact) mass is 272 g/mol. The molecular formula is C13H18ClFN2O. The number of hydrogen-bond donors (Lipinski definition) is 1. The third kappa shape index (κ3) is 2.87. The van der Waals surface area contributed by atoms with Crippen LogP contribution in [0.3, 0.4) is 0 Å². The predicted molar refractivity (Wildman–Crippen MR) is 72.7 cm³/mol. The van der Waals surface area contributed by atoms with Crippen LogP contribution in [0.15, 0.2) is 12.1 Å². The fourth-order valence-electron chi connectivity index (χ4n) is 2.19. The zero-order valence-corrected chi connectivity index (χ0v) is 11.2. The Bertz CT molecular complexity index is 428. The molecule has 2 rings (SSSR count).